The Labute approximate surface area is 140 Å². The first-order valence-electron chi connectivity index (χ1n) is 6.52. The molecule has 0 radical (unpaired) electrons. The van der Waals surface area contributed by atoms with Crippen LogP contribution in [0.2, 0.25) is 5.02 Å². The maximum Gasteiger partial charge on any atom is 0.311 e. The third-order valence-electron chi connectivity index (χ3n) is 2.88. The molecule has 0 heterocycles. The lowest BCUT2D eigenvalue weighted by Gasteiger charge is -2.08. The van der Waals surface area contributed by atoms with E-state index in [-0.39, 0.29) is 22.0 Å². The summed E-state index contributed by atoms with van der Waals surface area (Å²) in [4.78, 5) is 32.7. The second-order valence-electron chi connectivity index (χ2n) is 4.57. The number of carbonyl (C=O) groups excluding carboxylic acids is 2. The van der Waals surface area contributed by atoms with Crippen LogP contribution in [0.4, 0.5) is 15.8 Å². The van der Waals surface area contributed by atoms with Gasteiger partial charge in [-0.15, -0.1) is 0 Å². The number of anilines is 1. The van der Waals surface area contributed by atoms with Crippen molar-refractivity contribution >= 4 is 35.2 Å². The maximum atomic E-state index is 13.0. The van der Waals surface area contributed by atoms with Crippen LogP contribution in [-0.4, -0.2) is 23.7 Å². The molecule has 0 aliphatic rings. The highest BCUT2D eigenvalue weighted by atomic mass is 35.5. The zero-order chi connectivity index (χ0) is 17.7. The van der Waals surface area contributed by atoms with Gasteiger partial charge in [-0.05, 0) is 30.3 Å². The summed E-state index contributed by atoms with van der Waals surface area (Å²) in [5.74, 6) is -1.40. The monoisotopic (exact) mass is 352 g/mol. The minimum absolute atomic E-state index is 0.111. The van der Waals surface area contributed by atoms with Gasteiger partial charge in [0.05, 0.1) is 9.95 Å². The molecule has 0 aliphatic heterocycles. The molecule has 9 heteroatoms. The molecule has 7 nitrogen and oxygen atoms in total. The van der Waals surface area contributed by atoms with Crippen molar-refractivity contribution in [1.29, 1.82) is 0 Å². The molecule has 0 spiro atoms. The van der Waals surface area contributed by atoms with E-state index in [0.717, 1.165) is 12.1 Å². The van der Waals surface area contributed by atoms with Gasteiger partial charge in [-0.1, -0.05) is 11.6 Å². The van der Waals surface area contributed by atoms with Crippen LogP contribution in [-0.2, 0) is 4.79 Å². The molecule has 2 rings (SSSR count). The molecule has 1 amide bonds. The molecule has 0 aliphatic carbocycles. The van der Waals surface area contributed by atoms with Gasteiger partial charge in [-0.2, -0.15) is 0 Å². The minimum atomic E-state index is -0.722. The van der Waals surface area contributed by atoms with E-state index in [1.807, 2.05) is 0 Å². The average Bonchev–Trinajstić information content (AvgIpc) is 2.56. The lowest BCUT2D eigenvalue weighted by atomic mass is 10.2. The van der Waals surface area contributed by atoms with Gasteiger partial charge in [0.2, 0.25) is 0 Å². The first-order chi connectivity index (χ1) is 11.4. The number of carbonyl (C=O) groups is 2. The smallest absolute Gasteiger partial charge is 0.311 e. The summed E-state index contributed by atoms with van der Waals surface area (Å²) in [7, 11) is 0. The zero-order valence-electron chi connectivity index (χ0n) is 12.0. The van der Waals surface area contributed by atoms with Crippen LogP contribution in [0.1, 0.15) is 10.4 Å². The van der Waals surface area contributed by atoms with Gasteiger partial charge in [0, 0.05) is 17.3 Å². The molecule has 0 fully saturated rings. The van der Waals surface area contributed by atoms with Crippen LogP contribution in [0, 0.1) is 15.9 Å². The highest BCUT2D eigenvalue weighted by molar-refractivity contribution is 6.31. The number of hydrogen-bond acceptors (Lipinski definition) is 5. The standard InChI is InChI=1S/C15H10ClFN2O5/c16-11-6-10(2-3-12(11)17)18-15(21)8-24-14-4-1-9(7-20)5-13(14)19(22)23/h1-7H,8H2,(H,18,21). The number of ether oxygens (including phenoxy) is 1. The van der Waals surface area contributed by atoms with Gasteiger partial charge in [-0.3, -0.25) is 19.7 Å². The number of nitro groups is 1. The Morgan fingerprint density at radius 2 is 2.08 bits per heavy atom. The van der Waals surface area contributed by atoms with Crippen LogP contribution in [0.15, 0.2) is 36.4 Å². The SMILES string of the molecule is O=Cc1ccc(OCC(=O)Nc2ccc(F)c(Cl)c2)c([N+](=O)[O-])c1. The third-order valence-corrected chi connectivity index (χ3v) is 3.17. The van der Waals surface area contributed by atoms with Gasteiger partial charge in [0.25, 0.3) is 5.91 Å². The second kappa shape index (κ2) is 7.51. The molecule has 0 saturated heterocycles. The van der Waals surface area contributed by atoms with Crippen LogP contribution >= 0.6 is 11.6 Å². The quantitative estimate of drug-likeness (QED) is 0.489. The molecule has 0 atom stereocenters. The van der Waals surface area contributed by atoms with Crippen molar-refractivity contribution in [3.63, 3.8) is 0 Å². The van der Waals surface area contributed by atoms with Crippen LogP contribution in [0.3, 0.4) is 0 Å². The van der Waals surface area contributed by atoms with Crippen molar-refractivity contribution in [2.75, 3.05) is 11.9 Å². The Morgan fingerprint density at radius 3 is 2.71 bits per heavy atom. The van der Waals surface area contributed by atoms with Crippen molar-refractivity contribution in [3.05, 3.63) is 62.9 Å². The first-order valence-corrected chi connectivity index (χ1v) is 6.90. The number of nitro benzene ring substituents is 1. The van der Waals surface area contributed by atoms with Crippen molar-refractivity contribution in [2.45, 2.75) is 0 Å². The molecule has 0 bridgehead atoms. The predicted molar refractivity (Wildman–Crippen MR) is 84.0 cm³/mol. The lowest BCUT2D eigenvalue weighted by molar-refractivity contribution is -0.385. The summed E-state index contributed by atoms with van der Waals surface area (Å²) >= 11 is 5.59. The molecule has 0 unspecified atom stereocenters. The highest BCUT2D eigenvalue weighted by Crippen LogP contribution is 2.27. The van der Waals surface area contributed by atoms with Crippen LogP contribution in [0.25, 0.3) is 0 Å². The molecule has 24 heavy (non-hydrogen) atoms. The van der Waals surface area contributed by atoms with Crippen molar-refractivity contribution in [3.8, 4) is 5.75 Å². The first kappa shape index (κ1) is 17.4. The van der Waals surface area contributed by atoms with Crippen molar-refractivity contribution in [2.24, 2.45) is 0 Å². The van der Waals surface area contributed by atoms with Crippen LogP contribution < -0.4 is 10.1 Å². The summed E-state index contributed by atoms with van der Waals surface area (Å²) < 4.78 is 18.1. The highest BCUT2D eigenvalue weighted by Gasteiger charge is 2.17. The Morgan fingerprint density at radius 1 is 1.33 bits per heavy atom. The zero-order valence-corrected chi connectivity index (χ0v) is 12.7. The van der Waals surface area contributed by atoms with E-state index in [1.54, 1.807) is 0 Å². The van der Waals surface area contributed by atoms with E-state index in [4.69, 9.17) is 16.3 Å². The summed E-state index contributed by atoms with van der Waals surface area (Å²) in [5.41, 5.74) is -0.0718. The predicted octanol–water partition coefficient (Wildman–Crippen LogP) is 3.22. The molecular formula is C15H10ClFN2O5. The topological polar surface area (TPSA) is 98.5 Å². The Bertz CT molecular complexity index is 812. The molecule has 124 valence electrons. The fourth-order valence-electron chi connectivity index (χ4n) is 1.79. The van der Waals surface area contributed by atoms with E-state index >= 15 is 0 Å². The molecule has 0 aromatic heterocycles. The van der Waals surface area contributed by atoms with Gasteiger partial charge >= 0.3 is 5.69 Å². The molecule has 0 saturated carbocycles. The van der Waals surface area contributed by atoms with Gasteiger partial charge in [-0.25, -0.2) is 4.39 Å². The number of nitrogens with zero attached hydrogens (tertiary/aromatic N) is 1. The second-order valence-corrected chi connectivity index (χ2v) is 4.98. The normalized spacial score (nSPS) is 10.1. The molecule has 2 aromatic rings. The number of hydrogen-bond donors (Lipinski definition) is 1. The van der Waals surface area contributed by atoms with Crippen molar-refractivity contribution < 1.29 is 23.6 Å². The number of halogens is 2. The fraction of sp³-hybridized carbons (Fsp3) is 0.0667. The summed E-state index contributed by atoms with van der Waals surface area (Å²) in [6.07, 6.45) is 0.460. The lowest BCUT2D eigenvalue weighted by Crippen LogP contribution is -2.20. The third kappa shape index (κ3) is 4.26. The number of rotatable bonds is 6. The van der Waals surface area contributed by atoms with Crippen LogP contribution in [0.5, 0.6) is 5.75 Å². The van der Waals surface area contributed by atoms with E-state index in [0.29, 0.717) is 6.29 Å². The molecule has 2 aromatic carbocycles. The van der Waals surface area contributed by atoms with E-state index in [2.05, 4.69) is 5.32 Å². The Balaban J connectivity index is 2.04. The van der Waals surface area contributed by atoms with E-state index in [9.17, 15) is 24.1 Å². The number of amides is 1. The fourth-order valence-corrected chi connectivity index (χ4v) is 1.97. The number of aldehydes is 1. The Hall–Kier alpha value is -3.00. The summed E-state index contributed by atoms with van der Waals surface area (Å²) in [6, 6.07) is 7.20. The number of nitrogens with one attached hydrogen (secondary N) is 1. The van der Waals surface area contributed by atoms with E-state index in [1.165, 1.54) is 24.3 Å². The Kier molecular flexibility index (Phi) is 5.43. The van der Waals surface area contributed by atoms with Gasteiger partial charge < -0.3 is 10.1 Å². The van der Waals surface area contributed by atoms with Gasteiger partial charge in [0.15, 0.2) is 12.4 Å². The van der Waals surface area contributed by atoms with Crippen molar-refractivity contribution in [1.82, 2.24) is 0 Å². The average molecular weight is 353 g/mol. The summed E-state index contributed by atoms with van der Waals surface area (Å²) in [5, 5.41) is 13.2. The van der Waals surface area contributed by atoms with Gasteiger partial charge in [0.1, 0.15) is 12.1 Å². The minimum Gasteiger partial charge on any atom is -0.477 e. The summed E-state index contributed by atoms with van der Waals surface area (Å²) in [6.45, 7) is -0.518. The van der Waals surface area contributed by atoms with E-state index < -0.39 is 28.9 Å². The molecular weight excluding hydrogens is 343 g/mol. The molecule has 1 N–H and O–H groups in total. The maximum absolute atomic E-state index is 13.0. The number of benzene rings is 2. The largest absolute Gasteiger partial charge is 0.477 e.